The molecule has 0 atom stereocenters. The van der Waals surface area contributed by atoms with Crippen molar-refractivity contribution >= 4 is 23.6 Å². The fourth-order valence-corrected chi connectivity index (χ4v) is 2.34. The summed E-state index contributed by atoms with van der Waals surface area (Å²) < 4.78 is 42.7. The summed E-state index contributed by atoms with van der Waals surface area (Å²) in [6.45, 7) is 0. The predicted molar refractivity (Wildman–Crippen MR) is 89.5 cm³/mol. The van der Waals surface area contributed by atoms with E-state index < -0.39 is 46.5 Å². The summed E-state index contributed by atoms with van der Waals surface area (Å²) in [6, 6.07) is 2.07. The van der Waals surface area contributed by atoms with Crippen LogP contribution in [-0.2, 0) is 23.8 Å². The highest BCUT2D eigenvalue weighted by molar-refractivity contribution is 6.05. The van der Waals surface area contributed by atoms with Gasteiger partial charge in [-0.15, -0.1) is 0 Å². The Morgan fingerprint density at radius 3 is 2.07 bits per heavy atom. The van der Waals surface area contributed by atoms with Gasteiger partial charge >= 0.3 is 17.9 Å². The van der Waals surface area contributed by atoms with E-state index in [0.717, 1.165) is 38.4 Å². The van der Waals surface area contributed by atoms with Crippen LogP contribution >= 0.6 is 0 Å². The number of carbonyl (C=O) groups excluding carboxylic acids is 3. The number of nitrogens with zero attached hydrogens (tertiary/aromatic N) is 1. The summed E-state index contributed by atoms with van der Waals surface area (Å²) in [6.07, 6.45) is 5.30. The van der Waals surface area contributed by atoms with Crippen LogP contribution in [0.15, 0.2) is 47.8 Å². The Kier molecular flexibility index (Phi) is 6.07. The number of halogens is 2. The summed E-state index contributed by atoms with van der Waals surface area (Å²) in [5.41, 5.74) is -1.67. The zero-order chi connectivity index (χ0) is 20.1. The molecule has 0 fully saturated rings. The van der Waals surface area contributed by atoms with Gasteiger partial charge in [-0.2, -0.15) is 0 Å². The molecule has 0 radical (unpaired) electrons. The average Bonchev–Trinajstić information content (AvgIpc) is 2.91. The number of allylic oxidation sites excluding steroid dienone is 2. The summed E-state index contributed by atoms with van der Waals surface area (Å²) in [5, 5.41) is 0. The number of hydrogen-bond acceptors (Lipinski definition) is 7. The van der Waals surface area contributed by atoms with Crippen molar-refractivity contribution in [1.29, 1.82) is 0 Å². The zero-order valence-electron chi connectivity index (χ0n) is 14.6. The SMILES string of the molecule is COC(=O)C1=C(C(=O)OC)N(c2ccc(C(=O)OC)c(F)c2F)C=CC=C1. The van der Waals surface area contributed by atoms with Gasteiger partial charge in [-0.3, -0.25) is 0 Å². The maximum Gasteiger partial charge on any atom is 0.355 e. The molecule has 1 aromatic carbocycles. The molecule has 1 heterocycles. The largest absolute Gasteiger partial charge is 0.465 e. The van der Waals surface area contributed by atoms with Crippen molar-refractivity contribution in [3.63, 3.8) is 0 Å². The second-order valence-electron chi connectivity index (χ2n) is 5.07. The molecule has 0 amide bonds. The van der Waals surface area contributed by atoms with E-state index in [1.54, 1.807) is 0 Å². The molecule has 27 heavy (non-hydrogen) atoms. The lowest BCUT2D eigenvalue weighted by Gasteiger charge is -2.23. The first-order chi connectivity index (χ1) is 12.9. The van der Waals surface area contributed by atoms with E-state index in [9.17, 15) is 23.2 Å². The minimum Gasteiger partial charge on any atom is -0.465 e. The maximum absolute atomic E-state index is 14.7. The fraction of sp³-hybridized carbons (Fsp3) is 0.167. The molecule has 0 N–H and O–H groups in total. The third-order valence-electron chi connectivity index (χ3n) is 3.62. The van der Waals surface area contributed by atoms with E-state index in [0.29, 0.717) is 0 Å². The lowest BCUT2D eigenvalue weighted by atomic mass is 10.1. The van der Waals surface area contributed by atoms with Gasteiger partial charge in [-0.1, -0.05) is 6.08 Å². The van der Waals surface area contributed by atoms with Crippen LogP contribution in [0.4, 0.5) is 14.5 Å². The topological polar surface area (TPSA) is 82.1 Å². The first-order valence-electron chi connectivity index (χ1n) is 7.48. The van der Waals surface area contributed by atoms with Gasteiger partial charge in [-0.25, -0.2) is 23.2 Å². The minimum absolute atomic E-state index is 0.230. The monoisotopic (exact) mass is 379 g/mol. The van der Waals surface area contributed by atoms with Crippen molar-refractivity contribution in [2.24, 2.45) is 0 Å². The molecule has 0 saturated heterocycles. The number of hydrogen-bond donors (Lipinski definition) is 0. The van der Waals surface area contributed by atoms with Crippen molar-refractivity contribution in [2.45, 2.75) is 0 Å². The smallest absolute Gasteiger partial charge is 0.355 e. The minimum atomic E-state index is -1.46. The quantitative estimate of drug-likeness (QED) is 0.586. The molecule has 142 valence electrons. The molecule has 1 aromatic rings. The third-order valence-corrected chi connectivity index (χ3v) is 3.62. The normalized spacial score (nSPS) is 13.3. The van der Waals surface area contributed by atoms with Crippen molar-refractivity contribution in [3.8, 4) is 0 Å². The van der Waals surface area contributed by atoms with Gasteiger partial charge in [0.2, 0.25) is 0 Å². The number of esters is 3. The predicted octanol–water partition coefficient (Wildman–Crippen LogP) is 2.24. The Morgan fingerprint density at radius 2 is 1.48 bits per heavy atom. The van der Waals surface area contributed by atoms with E-state index in [2.05, 4.69) is 14.2 Å². The van der Waals surface area contributed by atoms with E-state index in [1.165, 1.54) is 24.4 Å². The number of carbonyl (C=O) groups is 3. The Morgan fingerprint density at radius 1 is 0.852 bits per heavy atom. The molecule has 0 aromatic heterocycles. The number of anilines is 1. The number of ether oxygens (including phenoxy) is 3. The lowest BCUT2D eigenvalue weighted by molar-refractivity contribution is -0.139. The molecule has 9 heteroatoms. The van der Waals surface area contributed by atoms with Crippen LogP contribution < -0.4 is 4.90 Å². The van der Waals surface area contributed by atoms with Gasteiger partial charge in [-0.05, 0) is 24.3 Å². The van der Waals surface area contributed by atoms with Crippen LogP contribution in [0.1, 0.15) is 10.4 Å². The molecule has 7 nitrogen and oxygen atoms in total. The van der Waals surface area contributed by atoms with Crippen molar-refractivity contribution in [2.75, 3.05) is 26.2 Å². The Hall–Kier alpha value is -3.49. The van der Waals surface area contributed by atoms with Gasteiger partial charge < -0.3 is 19.1 Å². The van der Waals surface area contributed by atoms with Crippen LogP contribution in [0.2, 0.25) is 0 Å². The second kappa shape index (κ2) is 8.26. The van der Waals surface area contributed by atoms with E-state index >= 15 is 0 Å². The first-order valence-corrected chi connectivity index (χ1v) is 7.48. The van der Waals surface area contributed by atoms with Gasteiger partial charge in [0.25, 0.3) is 0 Å². The maximum atomic E-state index is 14.7. The van der Waals surface area contributed by atoms with E-state index in [1.807, 2.05) is 0 Å². The standard InChI is InChI=1S/C18H15F2NO6/c1-25-16(22)10-7-8-12(14(20)13(10)19)21-9-5-4-6-11(17(23)26-2)15(21)18(24)27-3/h4-9H,1-3H3. The van der Waals surface area contributed by atoms with Crippen LogP contribution in [-0.4, -0.2) is 39.2 Å². The van der Waals surface area contributed by atoms with E-state index in [4.69, 9.17) is 0 Å². The molecule has 0 aliphatic carbocycles. The molecule has 1 aliphatic rings. The molecule has 0 saturated carbocycles. The Labute approximate surface area is 153 Å². The van der Waals surface area contributed by atoms with Crippen LogP contribution in [0.5, 0.6) is 0 Å². The first kappa shape index (κ1) is 19.8. The number of benzene rings is 1. The highest BCUT2D eigenvalue weighted by atomic mass is 19.2. The summed E-state index contributed by atoms with van der Waals surface area (Å²) >= 11 is 0. The van der Waals surface area contributed by atoms with Gasteiger partial charge in [0.05, 0.1) is 38.2 Å². The molecule has 1 aliphatic heterocycles. The van der Waals surface area contributed by atoms with Gasteiger partial charge in [0.15, 0.2) is 11.6 Å². The summed E-state index contributed by atoms with van der Waals surface area (Å²) in [7, 11) is 3.20. The van der Waals surface area contributed by atoms with E-state index in [-0.39, 0.29) is 5.57 Å². The number of methoxy groups -OCH3 is 3. The van der Waals surface area contributed by atoms with Crippen molar-refractivity contribution in [1.82, 2.24) is 0 Å². The molecule has 0 bridgehead atoms. The molecular weight excluding hydrogens is 364 g/mol. The molecule has 0 spiro atoms. The average molecular weight is 379 g/mol. The number of rotatable bonds is 4. The summed E-state index contributed by atoms with van der Waals surface area (Å²) in [4.78, 5) is 36.7. The highest BCUT2D eigenvalue weighted by Crippen LogP contribution is 2.31. The van der Waals surface area contributed by atoms with Crippen LogP contribution in [0.25, 0.3) is 0 Å². The van der Waals surface area contributed by atoms with Gasteiger partial charge in [0.1, 0.15) is 5.70 Å². The summed E-state index contributed by atoms with van der Waals surface area (Å²) in [5.74, 6) is -5.82. The molecule has 2 rings (SSSR count). The Balaban J connectivity index is 2.71. The van der Waals surface area contributed by atoms with Crippen molar-refractivity contribution in [3.05, 3.63) is 65.0 Å². The Bertz CT molecular complexity index is 888. The van der Waals surface area contributed by atoms with Crippen LogP contribution in [0.3, 0.4) is 0 Å². The lowest BCUT2D eigenvalue weighted by Crippen LogP contribution is -2.28. The highest BCUT2D eigenvalue weighted by Gasteiger charge is 2.30. The fourth-order valence-electron chi connectivity index (χ4n) is 2.34. The molecular formula is C18H15F2NO6. The zero-order valence-corrected chi connectivity index (χ0v) is 14.6. The van der Waals surface area contributed by atoms with Gasteiger partial charge in [0, 0.05) is 6.20 Å². The third kappa shape index (κ3) is 3.71. The van der Waals surface area contributed by atoms with Crippen LogP contribution in [0, 0.1) is 11.6 Å². The molecule has 0 unspecified atom stereocenters. The second-order valence-corrected chi connectivity index (χ2v) is 5.07. The van der Waals surface area contributed by atoms with Crippen molar-refractivity contribution < 1.29 is 37.4 Å².